The molecule has 2 heterocycles. The molecule has 1 fully saturated rings. The molecule has 19 heavy (non-hydrogen) atoms. The van der Waals surface area contributed by atoms with E-state index >= 15 is 0 Å². The Kier molecular flexibility index (Phi) is 3.40. The molecule has 5 heteroatoms. The van der Waals surface area contributed by atoms with Crippen LogP contribution in [0.3, 0.4) is 0 Å². The van der Waals surface area contributed by atoms with E-state index in [1.165, 1.54) is 0 Å². The highest BCUT2D eigenvalue weighted by Gasteiger charge is 2.13. The summed E-state index contributed by atoms with van der Waals surface area (Å²) in [4.78, 5) is 7.00. The van der Waals surface area contributed by atoms with Gasteiger partial charge in [-0.1, -0.05) is 6.07 Å². The zero-order chi connectivity index (χ0) is 13.2. The molecule has 1 saturated heterocycles. The molecule has 0 radical (unpaired) electrons. The second-order valence-electron chi connectivity index (χ2n) is 4.98. The first-order valence-corrected chi connectivity index (χ1v) is 6.77. The van der Waals surface area contributed by atoms with Crippen molar-refractivity contribution < 1.29 is 4.74 Å². The quantitative estimate of drug-likeness (QED) is 0.844. The van der Waals surface area contributed by atoms with E-state index in [1.54, 1.807) is 0 Å². The summed E-state index contributed by atoms with van der Waals surface area (Å²) in [6.45, 7) is 7.75. The molecular formula is C14H20N4O. The highest BCUT2D eigenvalue weighted by atomic mass is 16.5. The van der Waals surface area contributed by atoms with Gasteiger partial charge in [-0.2, -0.15) is 0 Å². The van der Waals surface area contributed by atoms with Crippen molar-refractivity contribution in [2.24, 2.45) is 0 Å². The monoisotopic (exact) mass is 260 g/mol. The Morgan fingerprint density at radius 3 is 2.84 bits per heavy atom. The van der Waals surface area contributed by atoms with Gasteiger partial charge in [-0.3, -0.25) is 4.90 Å². The molecule has 2 aromatic rings. The Bertz CT molecular complexity index is 572. The molecule has 102 valence electrons. The number of benzene rings is 1. The third-order valence-corrected chi connectivity index (χ3v) is 3.74. The molecule has 0 aliphatic carbocycles. The van der Waals surface area contributed by atoms with Gasteiger partial charge in [-0.05, 0) is 19.1 Å². The van der Waals surface area contributed by atoms with Gasteiger partial charge in [0.15, 0.2) is 0 Å². The van der Waals surface area contributed by atoms with E-state index < -0.39 is 0 Å². The van der Waals surface area contributed by atoms with Crippen molar-refractivity contribution in [3.05, 3.63) is 24.0 Å². The van der Waals surface area contributed by atoms with Crippen LogP contribution in [-0.2, 0) is 11.3 Å². The standard InChI is InChI=1S/C14H20N4O/c1-11-16-14-12(15)3-2-4-13(14)18(11)6-5-17-7-9-19-10-8-17/h2-4H,5-10,15H2,1H3. The maximum Gasteiger partial charge on any atom is 0.112 e. The molecule has 5 nitrogen and oxygen atoms in total. The predicted octanol–water partition coefficient (Wildman–Crippen LogP) is 1.26. The van der Waals surface area contributed by atoms with Crippen LogP contribution in [0.25, 0.3) is 11.0 Å². The largest absolute Gasteiger partial charge is 0.397 e. The molecule has 1 aromatic carbocycles. The minimum atomic E-state index is 0.755. The van der Waals surface area contributed by atoms with Crippen molar-refractivity contribution in [3.63, 3.8) is 0 Å². The van der Waals surface area contributed by atoms with Crippen LogP contribution in [0.1, 0.15) is 5.82 Å². The van der Waals surface area contributed by atoms with E-state index in [4.69, 9.17) is 10.5 Å². The number of aryl methyl sites for hydroxylation is 1. The van der Waals surface area contributed by atoms with E-state index in [-0.39, 0.29) is 0 Å². The van der Waals surface area contributed by atoms with Gasteiger partial charge in [0.2, 0.25) is 0 Å². The first kappa shape index (κ1) is 12.4. The van der Waals surface area contributed by atoms with Gasteiger partial charge >= 0.3 is 0 Å². The third kappa shape index (κ3) is 2.43. The number of nitrogens with two attached hydrogens (primary N) is 1. The van der Waals surface area contributed by atoms with Crippen LogP contribution in [0.5, 0.6) is 0 Å². The van der Waals surface area contributed by atoms with E-state index in [0.29, 0.717) is 0 Å². The van der Waals surface area contributed by atoms with Crippen LogP contribution in [-0.4, -0.2) is 47.3 Å². The van der Waals surface area contributed by atoms with Gasteiger partial charge in [-0.25, -0.2) is 4.98 Å². The maximum atomic E-state index is 5.97. The van der Waals surface area contributed by atoms with Crippen molar-refractivity contribution in [3.8, 4) is 0 Å². The minimum Gasteiger partial charge on any atom is -0.397 e. The molecular weight excluding hydrogens is 240 g/mol. The summed E-state index contributed by atoms with van der Waals surface area (Å²) in [5, 5.41) is 0. The van der Waals surface area contributed by atoms with Crippen LogP contribution in [0.2, 0.25) is 0 Å². The van der Waals surface area contributed by atoms with Crippen LogP contribution < -0.4 is 5.73 Å². The fourth-order valence-electron chi connectivity index (χ4n) is 2.63. The molecule has 0 saturated carbocycles. The topological polar surface area (TPSA) is 56.3 Å². The summed E-state index contributed by atoms with van der Waals surface area (Å²) in [5.74, 6) is 1.03. The zero-order valence-corrected chi connectivity index (χ0v) is 11.3. The van der Waals surface area contributed by atoms with Gasteiger partial charge in [0.1, 0.15) is 11.3 Å². The predicted molar refractivity (Wildman–Crippen MR) is 76.1 cm³/mol. The summed E-state index contributed by atoms with van der Waals surface area (Å²) in [7, 11) is 0. The van der Waals surface area contributed by atoms with Gasteiger partial charge < -0.3 is 15.0 Å². The fourth-order valence-corrected chi connectivity index (χ4v) is 2.63. The number of hydrogen-bond acceptors (Lipinski definition) is 4. The lowest BCUT2D eigenvalue weighted by molar-refractivity contribution is 0.0364. The second-order valence-corrected chi connectivity index (χ2v) is 4.98. The van der Waals surface area contributed by atoms with Crippen LogP contribution >= 0.6 is 0 Å². The molecule has 2 N–H and O–H groups in total. The number of fused-ring (bicyclic) bond motifs is 1. The van der Waals surface area contributed by atoms with Crippen molar-refractivity contribution in [1.29, 1.82) is 0 Å². The third-order valence-electron chi connectivity index (χ3n) is 3.74. The smallest absolute Gasteiger partial charge is 0.112 e. The number of imidazole rings is 1. The van der Waals surface area contributed by atoms with Gasteiger partial charge in [-0.15, -0.1) is 0 Å². The summed E-state index contributed by atoms with van der Waals surface area (Å²) in [5.41, 5.74) is 8.78. The minimum absolute atomic E-state index is 0.755. The molecule has 0 spiro atoms. The summed E-state index contributed by atoms with van der Waals surface area (Å²) in [6.07, 6.45) is 0. The first-order valence-electron chi connectivity index (χ1n) is 6.77. The fraction of sp³-hybridized carbons (Fsp3) is 0.500. The number of hydrogen-bond donors (Lipinski definition) is 1. The Labute approximate surface area is 113 Å². The summed E-state index contributed by atoms with van der Waals surface area (Å²) >= 11 is 0. The Morgan fingerprint density at radius 1 is 1.26 bits per heavy atom. The number of ether oxygens (including phenoxy) is 1. The van der Waals surface area contributed by atoms with Crippen LogP contribution in [0.4, 0.5) is 5.69 Å². The summed E-state index contributed by atoms with van der Waals surface area (Å²) < 4.78 is 7.62. The Balaban J connectivity index is 1.80. The average molecular weight is 260 g/mol. The number of anilines is 1. The van der Waals surface area contributed by atoms with Crippen LogP contribution in [0, 0.1) is 6.92 Å². The number of morpholine rings is 1. The molecule has 0 unspecified atom stereocenters. The SMILES string of the molecule is Cc1nc2c(N)cccc2n1CCN1CCOCC1. The molecule has 3 rings (SSSR count). The number of para-hydroxylation sites is 1. The van der Waals surface area contributed by atoms with Gasteiger partial charge in [0.05, 0.1) is 24.4 Å². The average Bonchev–Trinajstić information content (AvgIpc) is 2.75. The second kappa shape index (κ2) is 5.19. The van der Waals surface area contributed by atoms with Crippen LogP contribution in [0.15, 0.2) is 18.2 Å². The van der Waals surface area contributed by atoms with Gasteiger partial charge in [0.25, 0.3) is 0 Å². The van der Waals surface area contributed by atoms with Crippen molar-refractivity contribution >= 4 is 16.7 Å². The highest BCUT2D eigenvalue weighted by Crippen LogP contribution is 2.21. The lowest BCUT2D eigenvalue weighted by atomic mass is 10.2. The number of rotatable bonds is 3. The molecule has 1 aromatic heterocycles. The van der Waals surface area contributed by atoms with Crippen molar-refractivity contribution in [2.45, 2.75) is 13.5 Å². The van der Waals surface area contributed by atoms with E-state index in [1.807, 2.05) is 19.1 Å². The van der Waals surface area contributed by atoms with Crippen molar-refractivity contribution in [1.82, 2.24) is 14.5 Å². The molecule has 0 bridgehead atoms. The lowest BCUT2D eigenvalue weighted by Gasteiger charge is -2.26. The Hall–Kier alpha value is -1.59. The number of aromatic nitrogens is 2. The highest BCUT2D eigenvalue weighted by molar-refractivity contribution is 5.87. The molecule has 1 aliphatic heterocycles. The van der Waals surface area contributed by atoms with E-state index in [2.05, 4.69) is 20.5 Å². The van der Waals surface area contributed by atoms with E-state index in [0.717, 1.165) is 61.9 Å². The zero-order valence-electron chi connectivity index (χ0n) is 11.3. The Morgan fingerprint density at radius 2 is 2.05 bits per heavy atom. The molecule has 0 atom stereocenters. The maximum absolute atomic E-state index is 5.97. The molecule has 1 aliphatic rings. The lowest BCUT2D eigenvalue weighted by Crippen LogP contribution is -2.38. The number of nitrogens with zero attached hydrogens (tertiary/aromatic N) is 3. The number of nitrogen functional groups attached to an aromatic ring is 1. The van der Waals surface area contributed by atoms with E-state index in [9.17, 15) is 0 Å². The van der Waals surface area contributed by atoms with Gasteiger partial charge in [0, 0.05) is 26.2 Å². The first-order chi connectivity index (χ1) is 9.25. The summed E-state index contributed by atoms with van der Waals surface area (Å²) in [6, 6.07) is 5.98. The molecule has 0 amide bonds. The normalized spacial score (nSPS) is 17.1. The van der Waals surface area contributed by atoms with Crippen molar-refractivity contribution in [2.75, 3.05) is 38.6 Å².